The van der Waals surface area contributed by atoms with Gasteiger partial charge in [-0.15, -0.1) is 0 Å². The molecule has 2 nitrogen and oxygen atoms in total. The number of rotatable bonds is 5. The van der Waals surface area contributed by atoms with Gasteiger partial charge in [-0.1, -0.05) is 25.5 Å². The molecule has 128 valence electrons. The highest BCUT2D eigenvalue weighted by Crippen LogP contribution is 2.35. The number of Topliss-reactive ketones (excluding diaryl/α,β-unsaturated/α-hetero) is 1. The first-order valence-corrected chi connectivity index (χ1v) is 9.37. The minimum absolute atomic E-state index is 0.178. The number of aliphatic imine (C=N–C) groups is 1. The quantitative estimate of drug-likeness (QED) is 0.716. The molecule has 2 aliphatic carbocycles. The predicted molar refractivity (Wildman–Crippen MR) is 101 cm³/mol. The lowest BCUT2D eigenvalue weighted by molar-refractivity contribution is -0.112. The average Bonchev–Trinajstić information content (AvgIpc) is 3.20. The third kappa shape index (κ3) is 3.38. The maximum absolute atomic E-state index is 12.7. The Hall–Kier alpha value is -1.70. The van der Waals surface area contributed by atoms with Gasteiger partial charge in [-0.25, -0.2) is 0 Å². The van der Waals surface area contributed by atoms with Crippen LogP contribution in [0.1, 0.15) is 68.4 Å². The zero-order chi connectivity index (χ0) is 17.3. The number of nitrogens with zero attached hydrogens (tertiary/aromatic N) is 1. The number of hydrogen-bond acceptors (Lipinski definition) is 2. The summed E-state index contributed by atoms with van der Waals surface area (Å²) in [5.41, 5.74) is 9.16. The topological polar surface area (TPSA) is 29.4 Å². The molecule has 0 heterocycles. The smallest absolute Gasteiger partial charge is 0.181 e. The fraction of sp³-hybridized carbons (Fsp3) is 0.545. The van der Waals surface area contributed by atoms with E-state index in [-0.39, 0.29) is 5.78 Å². The summed E-state index contributed by atoms with van der Waals surface area (Å²) in [5, 5.41) is 0. The largest absolute Gasteiger partial charge is 0.292 e. The first-order valence-electron chi connectivity index (χ1n) is 9.37. The molecule has 0 amide bonds. The molecule has 0 saturated heterocycles. The van der Waals surface area contributed by atoms with Crippen LogP contribution in [0.15, 0.2) is 22.8 Å². The van der Waals surface area contributed by atoms with Crippen LogP contribution in [0.2, 0.25) is 0 Å². The number of allylic oxidation sites excluding steroid dienone is 1. The van der Waals surface area contributed by atoms with Crippen molar-refractivity contribution in [1.82, 2.24) is 0 Å². The Morgan fingerprint density at radius 1 is 1.08 bits per heavy atom. The summed E-state index contributed by atoms with van der Waals surface area (Å²) in [7, 11) is 0. The van der Waals surface area contributed by atoms with E-state index in [1.54, 1.807) is 0 Å². The molecule has 1 aromatic carbocycles. The van der Waals surface area contributed by atoms with Crippen molar-refractivity contribution in [2.24, 2.45) is 10.9 Å². The number of hydrogen-bond donors (Lipinski definition) is 0. The normalized spacial score (nSPS) is 17.4. The van der Waals surface area contributed by atoms with Crippen LogP contribution in [0.25, 0.3) is 0 Å². The van der Waals surface area contributed by atoms with E-state index in [2.05, 4.69) is 31.8 Å². The zero-order valence-electron chi connectivity index (χ0n) is 15.5. The van der Waals surface area contributed by atoms with Gasteiger partial charge in [-0.2, -0.15) is 0 Å². The second kappa shape index (κ2) is 7.04. The molecule has 0 fully saturated rings. The van der Waals surface area contributed by atoms with Gasteiger partial charge in [0.25, 0.3) is 0 Å². The second-order valence-corrected chi connectivity index (χ2v) is 7.68. The number of fused-ring (bicyclic) bond motifs is 2. The molecule has 0 saturated carbocycles. The molecule has 0 unspecified atom stereocenters. The Kier molecular flexibility index (Phi) is 5.03. The van der Waals surface area contributed by atoms with Gasteiger partial charge in [0.1, 0.15) is 0 Å². The van der Waals surface area contributed by atoms with Gasteiger partial charge in [0.05, 0.1) is 5.71 Å². The van der Waals surface area contributed by atoms with Crippen molar-refractivity contribution < 1.29 is 4.79 Å². The van der Waals surface area contributed by atoms with Crippen molar-refractivity contribution in [3.8, 4) is 0 Å². The molecule has 2 heteroatoms. The summed E-state index contributed by atoms with van der Waals surface area (Å²) in [6.45, 7) is 8.23. The van der Waals surface area contributed by atoms with Crippen molar-refractivity contribution in [3.05, 3.63) is 45.7 Å². The number of carbonyl (C=O) groups excluding carboxylic acids is 1. The SMILES string of the molecule is CC(=N/C=C(\C)C(C)C)C(=O)Cc1c2c(cc3c1CCC3)CCC2. The van der Waals surface area contributed by atoms with E-state index in [0.29, 0.717) is 18.1 Å². The van der Waals surface area contributed by atoms with Gasteiger partial charge >= 0.3 is 0 Å². The van der Waals surface area contributed by atoms with Gasteiger partial charge in [-0.3, -0.25) is 9.79 Å². The molecule has 24 heavy (non-hydrogen) atoms. The highest BCUT2D eigenvalue weighted by molar-refractivity contribution is 6.39. The fourth-order valence-corrected chi connectivity index (χ4v) is 3.86. The molecule has 0 aromatic heterocycles. The van der Waals surface area contributed by atoms with Crippen LogP contribution < -0.4 is 0 Å². The van der Waals surface area contributed by atoms with E-state index in [9.17, 15) is 4.79 Å². The lowest BCUT2D eigenvalue weighted by atomic mass is 9.90. The lowest BCUT2D eigenvalue weighted by Crippen LogP contribution is -2.16. The summed E-state index contributed by atoms with van der Waals surface area (Å²) < 4.78 is 0. The van der Waals surface area contributed by atoms with Crippen molar-refractivity contribution in [3.63, 3.8) is 0 Å². The van der Waals surface area contributed by atoms with Crippen molar-refractivity contribution in [1.29, 1.82) is 0 Å². The van der Waals surface area contributed by atoms with E-state index in [0.717, 1.165) is 12.8 Å². The Balaban J connectivity index is 1.85. The minimum atomic E-state index is 0.178. The number of benzene rings is 1. The van der Waals surface area contributed by atoms with E-state index in [1.165, 1.54) is 59.1 Å². The summed E-state index contributed by atoms with van der Waals surface area (Å²) in [6.07, 6.45) is 9.54. The summed E-state index contributed by atoms with van der Waals surface area (Å²) in [5.74, 6) is 0.648. The van der Waals surface area contributed by atoms with Crippen LogP contribution in [0.4, 0.5) is 0 Å². The monoisotopic (exact) mass is 323 g/mol. The number of aryl methyl sites for hydroxylation is 2. The molecule has 3 rings (SSSR count). The summed E-state index contributed by atoms with van der Waals surface area (Å²) >= 11 is 0. The third-order valence-corrected chi connectivity index (χ3v) is 5.71. The van der Waals surface area contributed by atoms with Crippen molar-refractivity contribution >= 4 is 11.5 Å². The maximum atomic E-state index is 12.7. The van der Waals surface area contributed by atoms with Gasteiger partial charge in [0.2, 0.25) is 0 Å². The average molecular weight is 323 g/mol. The highest BCUT2D eigenvalue weighted by atomic mass is 16.1. The van der Waals surface area contributed by atoms with E-state index in [1.807, 2.05) is 13.1 Å². The first kappa shape index (κ1) is 17.1. The van der Waals surface area contributed by atoms with E-state index >= 15 is 0 Å². The zero-order valence-corrected chi connectivity index (χ0v) is 15.5. The highest BCUT2D eigenvalue weighted by Gasteiger charge is 2.25. The van der Waals surface area contributed by atoms with E-state index in [4.69, 9.17) is 0 Å². The molecule has 0 aliphatic heterocycles. The van der Waals surface area contributed by atoms with Crippen LogP contribution >= 0.6 is 0 Å². The first-order chi connectivity index (χ1) is 11.5. The molecule has 0 bridgehead atoms. The van der Waals surface area contributed by atoms with Crippen LogP contribution in [-0.2, 0) is 36.9 Å². The van der Waals surface area contributed by atoms with Crippen molar-refractivity contribution in [2.75, 3.05) is 0 Å². The van der Waals surface area contributed by atoms with Crippen LogP contribution in [0.5, 0.6) is 0 Å². The predicted octanol–water partition coefficient (Wildman–Crippen LogP) is 4.80. The van der Waals surface area contributed by atoms with Crippen molar-refractivity contribution in [2.45, 2.75) is 72.6 Å². The Morgan fingerprint density at radius 2 is 1.67 bits per heavy atom. The number of carbonyl (C=O) groups is 1. The summed E-state index contributed by atoms with van der Waals surface area (Å²) in [6, 6.07) is 2.42. The van der Waals surface area contributed by atoms with Gasteiger partial charge in [0, 0.05) is 12.6 Å². The molecule has 0 radical (unpaired) electrons. The fourth-order valence-electron chi connectivity index (χ4n) is 3.86. The minimum Gasteiger partial charge on any atom is -0.292 e. The third-order valence-electron chi connectivity index (χ3n) is 5.71. The molecule has 0 spiro atoms. The van der Waals surface area contributed by atoms with Gasteiger partial charge in [0.15, 0.2) is 5.78 Å². The second-order valence-electron chi connectivity index (χ2n) is 7.68. The van der Waals surface area contributed by atoms with Gasteiger partial charge in [-0.05, 0) is 86.1 Å². The molecule has 2 aliphatic rings. The number of ketones is 1. The molecular weight excluding hydrogens is 294 g/mol. The Bertz CT molecular complexity index is 690. The lowest BCUT2D eigenvalue weighted by Gasteiger charge is -2.14. The molecule has 0 atom stereocenters. The molecule has 0 N–H and O–H groups in total. The van der Waals surface area contributed by atoms with Gasteiger partial charge < -0.3 is 0 Å². The Morgan fingerprint density at radius 3 is 2.21 bits per heavy atom. The standard InChI is InChI=1S/C22H29NO/c1-14(2)15(3)13-23-16(4)22(24)12-21-19-9-5-7-17(19)11-18-8-6-10-20(18)21/h11,13-14H,5-10,12H2,1-4H3/b15-13+,23-16?. The van der Waals surface area contributed by atoms with Crippen LogP contribution in [0.3, 0.4) is 0 Å². The van der Waals surface area contributed by atoms with Crippen LogP contribution in [0, 0.1) is 5.92 Å². The molecule has 1 aromatic rings. The molecular formula is C22H29NO. The maximum Gasteiger partial charge on any atom is 0.181 e. The van der Waals surface area contributed by atoms with E-state index < -0.39 is 0 Å². The van der Waals surface area contributed by atoms with Crippen LogP contribution in [-0.4, -0.2) is 11.5 Å². The Labute approximate surface area is 146 Å². The summed E-state index contributed by atoms with van der Waals surface area (Å²) in [4.78, 5) is 17.2.